The van der Waals surface area contributed by atoms with Gasteiger partial charge in [-0.25, -0.2) is 4.90 Å². The highest BCUT2D eigenvalue weighted by atomic mass is 79.9. The number of halogens is 2. The minimum absolute atomic E-state index is 0. The van der Waals surface area contributed by atoms with Gasteiger partial charge in [0.25, 0.3) is 4.74 Å². The summed E-state index contributed by atoms with van der Waals surface area (Å²) in [6.45, 7) is 2.24. The lowest BCUT2D eigenvalue weighted by Gasteiger charge is -2.31. The summed E-state index contributed by atoms with van der Waals surface area (Å²) in [6.07, 6.45) is 6.96. The van der Waals surface area contributed by atoms with E-state index in [4.69, 9.17) is 0 Å². The Bertz CT molecular complexity index is 395. The zero-order chi connectivity index (χ0) is 9.54. The molecule has 3 heterocycles. The number of rotatable bonds is 1. The van der Waals surface area contributed by atoms with Crippen LogP contribution in [0.15, 0.2) is 33.9 Å². The van der Waals surface area contributed by atoms with Crippen LogP contribution in [0.1, 0.15) is 6.42 Å². The molecule has 0 aromatic rings. The maximum Gasteiger partial charge on any atom is 0.281 e. The number of fused-ring (bicyclic) bond motifs is 1. The van der Waals surface area contributed by atoms with Crippen molar-refractivity contribution in [3.63, 3.8) is 0 Å². The zero-order valence-corrected chi connectivity index (χ0v) is 10.3. The van der Waals surface area contributed by atoms with Gasteiger partial charge in [0.1, 0.15) is 6.20 Å². The number of aliphatic imine (C=N–C) groups is 2. The summed E-state index contributed by atoms with van der Waals surface area (Å²) in [4.78, 5) is 12.1. The van der Waals surface area contributed by atoms with E-state index >= 15 is 0 Å². The van der Waals surface area contributed by atoms with Crippen molar-refractivity contribution in [1.29, 1.82) is 0 Å². The van der Waals surface area contributed by atoms with Gasteiger partial charge in [-0.1, -0.05) is 0 Å². The average molecular weight is 290 g/mol. The molecule has 3 aliphatic heterocycles. The molecule has 0 aromatic carbocycles. The van der Waals surface area contributed by atoms with E-state index in [1.807, 2.05) is 12.4 Å². The Morgan fingerprint density at radius 2 is 2.20 bits per heavy atom. The van der Waals surface area contributed by atoms with Gasteiger partial charge in [-0.3, -0.25) is 4.99 Å². The average Bonchev–Trinajstić information content (AvgIpc) is 2.43. The van der Waals surface area contributed by atoms with E-state index < -0.39 is 0 Å². The molecule has 4 nitrogen and oxygen atoms in total. The topological polar surface area (TPSA) is 32.4 Å². The number of nitrogens with zero attached hydrogens (tertiary/aromatic N) is 3. The third-order valence-corrected chi connectivity index (χ3v) is 3.25. The van der Waals surface area contributed by atoms with Crippen molar-refractivity contribution in [1.82, 2.24) is 4.90 Å². The fourth-order valence-corrected chi connectivity index (χ4v) is 2.25. The van der Waals surface area contributed by atoms with Crippen LogP contribution in [0.25, 0.3) is 0 Å². The highest BCUT2D eigenvalue weighted by Crippen LogP contribution is 2.20. The number of nitrogens with one attached hydrogen (secondary N) is 1. The highest BCUT2D eigenvalue weighted by molar-refractivity contribution is 9.18. The Morgan fingerprint density at radius 3 is 2.87 bits per heavy atom. The van der Waals surface area contributed by atoms with Crippen LogP contribution in [0, 0.1) is 0 Å². The first-order valence-corrected chi connectivity index (χ1v) is 5.46. The number of hydrogen-bond donors (Lipinski definition) is 1. The van der Waals surface area contributed by atoms with Crippen LogP contribution in [0.2, 0.25) is 0 Å². The predicted octanol–water partition coefficient (Wildman–Crippen LogP) is -2.93. The van der Waals surface area contributed by atoms with E-state index in [1.165, 1.54) is 6.42 Å². The maximum atomic E-state index is 4.51. The minimum atomic E-state index is 0. The van der Waals surface area contributed by atoms with Crippen LogP contribution in [-0.2, 0) is 0 Å². The lowest BCUT2D eigenvalue weighted by molar-refractivity contribution is -0.685. The van der Waals surface area contributed by atoms with Crippen LogP contribution in [-0.4, -0.2) is 28.9 Å². The normalized spacial score (nSPS) is 27.1. The summed E-state index contributed by atoms with van der Waals surface area (Å²) in [5.41, 5.74) is 1.15. The van der Waals surface area contributed by atoms with Gasteiger partial charge in [-0.05, 0) is 6.42 Å². The van der Waals surface area contributed by atoms with Gasteiger partial charge in [0.2, 0.25) is 5.70 Å². The smallest absolute Gasteiger partial charge is 0.281 e. The first-order chi connectivity index (χ1) is 6.86. The van der Waals surface area contributed by atoms with Crippen molar-refractivity contribution in [2.24, 2.45) is 9.98 Å². The second-order valence-corrected chi connectivity index (χ2v) is 4.24. The van der Waals surface area contributed by atoms with E-state index in [0.29, 0.717) is 0 Å². The summed E-state index contributed by atoms with van der Waals surface area (Å²) in [5, 5.41) is 0. The number of likely N-dealkylation sites (tertiary alicyclic amines) is 1. The molecule has 0 bridgehead atoms. The third kappa shape index (κ3) is 1.64. The molecule has 1 fully saturated rings. The Balaban J connectivity index is 0.000000853. The van der Waals surface area contributed by atoms with Crippen molar-refractivity contribution in [2.45, 2.75) is 6.42 Å². The molecule has 0 amide bonds. The van der Waals surface area contributed by atoms with E-state index in [0.717, 1.165) is 34.3 Å². The molecule has 0 saturated carbocycles. The Morgan fingerprint density at radius 1 is 1.40 bits per heavy atom. The fraction of sp³-hybridized carbons (Fsp3) is 0.333. The molecule has 1 atom stereocenters. The van der Waals surface area contributed by atoms with Gasteiger partial charge in [0.15, 0.2) is 5.82 Å². The SMILES string of the molecule is BrC1=NC(N2CCC2)=C2C=NC=C[NH+]12.[Cl-]. The van der Waals surface area contributed by atoms with Crippen LogP contribution in [0.4, 0.5) is 0 Å². The lowest BCUT2D eigenvalue weighted by Crippen LogP contribution is -3.07. The monoisotopic (exact) mass is 288 g/mol. The summed E-state index contributed by atoms with van der Waals surface area (Å²) in [7, 11) is 0. The molecule has 3 rings (SSSR count). The van der Waals surface area contributed by atoms with Crippen molar-refractivity contribution < 1.29 is 17.3 Å². The highest BCUT2D eigenvalue weighted by Gasteiger charge is 2.34. The Hall–Kier alpha value is -0.650. The van der Waals surface area contributed by atoms with Crippen LogP contribution in [0.5, 0.6) is 0 Å². The quantitative estimate of drug-likeness (QED) is 0.515. The fourth-order valence-electron chi connectivity index (χ4n) is 1.74. The standard InChI is InChI=1S/C9H9BrN4.ClH/c10-9-12-8(13-3-1-4-13)7-6-11-2-5-14(7)9;/h2,5-6H,1,3-4H2;1H. The molecule has 6 heteroatoms. The predicted molar refractivity (Wildman–Crippen MR) is 58.2 cm³/mol. The van der Waals surface area contributed by atoms with Crippen LogP contribution < -0.4 is 17.3 Å². The third-order valence-electron chi connectivity index (χ3n) is 2.64. The molecule has 0 radical (unpaired) electrons. The first-order valence-electron chi connectivity index (χ1n) is 4.67. The summed E-state index contributed by atoms with van der Waals surface area (Å²) >= 11 is 3.47. The zero-order valence-electron chi connectivity index (χ0n) is 7.95. The molecule has 0 spiro atoms. The second kappa shape index (κ2) is 4.08. The van der Waals surface area contributed by atoms with E-state index in [-0.39, 0.29) is 12.4 Å². The van der Waals surface area contributed by atoms with Gasteiger partial charge in [-0.15, -0.1) is 0 Å². The summed E-state index contributed by atoms with van der Waals surface area (Å²) in [6, 6.07) is 0. The van der Waals surface area contributed by atoms with E-state index in [9.17, 15) is 0 Å². The molecule has 80 valence electrons. The Kier molecular flexibility index (Phi) is 2.95. The molecule has 0 aliphatic carbocycles. The minimum Gasteiger partial charge on any atom is -1.00 e. The largest absolute Gasteiger partial charge is 1.00 e. The number of amidine groups is 1. The van der Waals surface area contributed by atoms with Crippen molar-refractivity contribution in [3.05, 3.63) is 23.9 Å². The number of hydrogen-bond acceptors (Lipinski definition) is 3. The van der Waals surface area contributed by atoms with Crippen LogP contribution in [0.3, 0.4) is 0 Å². The molecule has 1 unspecified atom stereocenters. The van der Waals surface area contributed by atoms with Crippen molar-refractivity contribution >= 4 is 26.9 Å². The van der Waals surface area contributed by atoms with E-state index in [1.54, 1.807) is 6.20 Å². The molecular formula is C9H10BrClN4. The van der Waals surface area contributed by atoms with Crippen LogP contribution >= 0.6 is 15.9 Å². The number of allylic oxidation sites excluding steroid dienone is 1. The molecular weight excluding hydrogens is 279 g/mol. The van der Waals surface area contributed by atoms with Gasteiger partial charge in [0, 0.05) is 29.0 Å². The maximum absolute atomic E-state index is 4.51. The van der Waals surface area contributed by atoms with Crippen molar-refractivity contribution in [3.8, 4) is 0 Å². The second-order valence-electron chi connectivity index (χ2n) is 3.49. The van der Waals surface area contributed by atoms with Crippen molar-refractivity contribution in [2.75, 3.05) is 13.1 Å². The first kappa shape index (κ1) is 10.9. The van der Waals surface area contributed by atoms with Gasteiger partial charge in [-0.2, -0.15) is 4.99 Å². The molecule has 1 N–H and O–H groups in total. The van der Waals surface area contributed by atoms with E-state index in [2.05, 4.69) is 30.8 Å². The Labute approximate surface area is 103 Å². The van der Waals surface area contributed by atoms with Gasteiger partial charge < -0.3 is 17.3 Å². The van der Waals surface area contributed by atoms with Gasteiger partial charge in [0.05, 0.1) is 12.4 Å². The molecule has 0 aromatic heterocycles. The number of quaternary nitrogens is 1. The van der Waals surface area contributed by atoms with Gasteiger partial charge >= 0.3 is 0 Å². The summed E-state index contributed by atoms with van der Waals surface area (Å²) in [5.74, 6) is 1.08. The lowest BCUT2D eigenvalue weighted by atomic mass is 10.2. The molecule has 15 heavy (non-hydrogen) atoms. The molecule has 3 aliphatic rings. The molecule has 1 saturated heterocycles. The summed E-state index contributed by atoms with van der Waals surface area (Å²) < 4.78 is 0.928.